The predicted octanol–water partition coefficient (Wildman–Crippen LogP) is 10.9. The van der Waals surface area contributed by atoms with Crippen molar-refractivity contribution in [3.05, 3.63) is 89.5 Å². The molecule has 1 unspecified atom stereocenters. The van der Waals surface area contributed by atoms with Crippen LogP contribution in [0.2, 0.25) is 0 Å². The molecular weight excluding hydrogens is 492 g/mol. The van der Waals surface area contributed by atoms with E-state index in [1.54, 1.807) is 0 Å². The molecule has 0 fully saturated rings. The highest BCUT2D eigenvalue weighted by Crippen LogP contribution is 2.25. The highest BCUT2D eigenvalue weighted by molar-refractivity contribution is 5.90. The number of ether oxygens (including phenoxy) is 2. The molecule has 3 aromatic rings. The van der Waals surface area contributed by atoms with E-state index in [9.17, 15) is 4.79 Å². The highest BCUT2D eigenvalue weighted by Gasteiger charge is 2.14. The number of unbranched alkanes of at least 4 members (excludes halogenated alkanes) is 10. The van der Waals surface area contributed by atoms with Gasteiger partial charge in [0, 0.05) is 0 Å². The molecule has 0 saturated carbocycles. The van der Waals surface area contributed by atoms with Gasteiger partial charge in [-0.1, -0.05) is 127 Å². The average molecular weight is 543 g/mol. The molecule has 0 bridgehead atoms. The zero-order chi connectivity index (χ0) is 28.4. The van der Waals surface area contributed by atoms with Gasteiger partial charge < -0.3 is 9.47 Å². The molecule has 0 aliphatic carbocycles. The van der Waals surface area contributed by atoms with Crippen molar-refractivity contribution in [2.75, 3.05) is 6.61 Å². The van der Waals surface area contributed by atoms with Gasteiger partial charge in [-0.15, -0.1) is 0 Å². The number of rotatable bonds is 19. The monoisotopic (exact) mass is 542 g/mol. The van der Waals surface area contributed by atoms with Crippen LogP contribution in [0.15, 0.2) is 72.8 Å². The zero-order valence-corrected chi connectivity index (χ0v) is 25.1. The first kappa shape index (κ1) is 31.5. The Labute approximate surface area is 243 Å². The third kappa shape index (κ3) is 11.2. The minimum atomic E-state index is -0.298. The Hall–Kier alpha value is -3.07. The van der Waals surface area contributed by atoms with Gasteiger partial charge >= 0.3 is 5.97 Å². The lowest BCUT2D eigenvalue weighted by atomic mass is 10.0. The molecule has 3 rings (SSSR count). The quantitative estimate of drug-likeness (QED) is 0.112. The smallest absolute Gasteiger partial charge is 0.338 e. The standard InChI is InChI=1S/C37H50O3/c1-4-6-8-10-12-14-16-31-17-19-32(20-18-31)30(3)40-37(38)35-23-21-33(22-24-35)34-25-27-36(28-26-34)39-29-15-13-11-9-7-5-2/h17-28,30H,4-16,29H2,1-3H3. The maximum atomic E-state index is 12.8. The predicted molar refractivity (Wildman–Crippen MR) is 168 cm³/mol. The average Bonchev–Trinajstić information content (AvgIpc) is 2.99. The van der Waals surface area contributed by atoms with Crippen molar-refractivity contribution in [1.29, 1.82) is 0 Å². The second kappa shape index (κ2) is 18.3. The molecule has 3 nitrogen and oxygen atoms in total. The summed E-state index contributed by atoms with van der Waals surface area (Å²) in [6.07, 6.45) is 16.3. The first-order valence-corrected chi connectivity index (χ1v) is 15.7. The van der Waals surface area contributed by atoms with Crippen molar-refractivity contribution >= 4 is 5.97 Å². The van der Waals surface area contributed by atoms with Gasteiger partial charge in [0.05, 0.1) is 12.2 Å². The van der Waals surface area contributed by atoms with Crippen molar-refractivity contribution in [3.8, 4) is 16.9 Å². The Balaban J connectivity index is 1.42. The van der Waals surface area contributed by atoms with E-state index in [4.69, 9.17) is 9.47 Å². The van der Waals surface area contributed by atoms with Gasteiger partial charge in [0.1, 0.15) is 11.9 Å². The van der Waals surface area contributed by atoms with E-state index in [1.165, 1.54) is 76.2 Å². The van der Waals surface area contributed by atoms with Crippen LogP contribution >= 0.6 is 0 Å². The Kier molecular flexibility index (Phi) is 14.4. The summed E-state index contributed by atoms with van der Waals surface area (Å²) in [5, 5.41) is 0. The molecule has 0 amide bonds. The third-order valence-electron chi connectivity index (χ3n) is 7.63. The van der Waals surface area contributed by atoms with Gasteiger partial charge in [-0.25, -0.2) is 4.79 Å². The Morgan fingerprint density at radius 3 is 1.75 bits per heavy atom. The molecule has 40 heavy (non-hydrogen) atoms. The van der Waals surface area contributed by atoms with E-state index in [2.05, 4.69) is 50.2 Å². The lowest BCUT2D eigenvalue weighted by molar-refractivity contribution is 0.0338. The maximum Gasteiger partial charge on any atom is 0.338 e. The highest BCUT2D eigenvalue weighted by atomic mass is 16.5. The van der Waals surface area contributed by atoms with Crippen LogP contribution in [0.1, 0.15) is 125 Å². The first-order chi connectivity index (χ1) is 19.6. The van der Waals surface area contributed by atoms with Gasteiger partial charge in [-0.2, -0.15) is 0 Å². The van der Waals surface area contributed by atoms with E-state index < -0.39 is 0 Å². The summed E-state index contributed by atoms with van der Waals surface area (Å²) in [7, 11) is 0. The fourth-order valence-corrected chi connectivity index (χ4v) is 4.98. The van der Waals surface area contributed by atoms with Crippen LogP contribution in [-0.2, 0) is 11.2 Å². The molecule has 0 radical (unpaired) electrons. The fraction of sp³-hybridized carbons (Fsp3) is 0.486. The van der Waals surface area contributed by atoms with Crippen LogP contribution < -0.4 is 4.74 Å². The number of hydrogen-bond acceptors (Lipinski definition) is 3. The number of carbonyl (C=O) groups is 1. The van der Waals surface area contributed by atoms with Gasteiger partial charge in [0.15, 0.2) is 0 Å². The lowest BCUT2D eigenvalue weighted by Gasteiger charge is -2.14. The van der Waals surface area contributed by atoms with E-state index in [0.717, 1.165) is 41.9 Å². The molecule has 0 saturated heterocycles. The Morgan fingerprint density at radius 2 is 1.15 bits per heavy atom. The molecule has 0 spiro atoms. The van der Waals surface area contributed by atoms with Gasteiger partial charge in [-0.3, -0.25) is 0 Å². The van der Waals surface area contributed by atoms with Gasteiger partial charge in [0.25, 0.3) is 0 Å². The van der Waals surface area contributed by atoms with Crippen molar-refractivity contribution in [2.24, 2.45) is 0 Å². The molecule has 0 heterocycles. The third-order valence-corrected chi connectivity index (χ3v) is 7.63. The molecular formula is C37H50O3. The van der Waals surface area contributed by atoms with Crippen LogP contribution in [-0.4, -0.2) is 12.6 Å². The van der Waals surface area contributed by atoms with Crippen LogP contribution in [0, 0.1) is 0 Å². The lowest BCUT2D eigenvalue weighted by Crippen LogP contribution is -2.09. The molecule has 216 valence electrons. The molecule has 0 aliphatic rings. The molecule has 0 aromatic heterocycles. The van der Waals surface area contributed by atoms with E-state index in [1.807, 2.05) is 43.3 Å². The Morgan fingerprint density at radius 1 is 0.625 bits per heavy atom. The largest absolute Gasteiger partial charge is 0.494 e. The number of esters is 1. The summed E-state index contributed by atoms with van der Waals surface area (Å²) in [4.78, 5) is 12.8. The summed E-state index contributed by atoms with van der Waals surface area (Å²) in [5.41, 5.74) is 5.10. The number of hydrogen-bond donors (Lipinski definition) is 0. The molecule has 3 heteroatoms. The molecule has 1 atom stereocenters. The van der Waals surface area contributed by atoms with Crippen LogP contribution in [0.4, 0.5) is 0 Å². The maximum absolute atomic E-state index is 12.8. The van der Waals surface area contributed by atoms with E-state index in [-0.39, 0.29) is 12.1 Å². The molecule has 3 aromatic carbocycles. The SMILES string of the molecule is CCCCCCCCOc1ccc(-c2ccc(C(=O)OC(C)c3ccc(CCCCCCCC)cc3)cc2)cc1. The molecule has 0 aliphatic heterocycles. The number of aryl methyl sites for hydroxylation is 1. The van der Waals surface area contributed by atoms with Crippen molar-refractivity contribution in [1.82, 2.24) is 0 Å². The minimum Gasteiger partial charge on any atom is -0.494 e. The van der Waals surface area contributed by atoms with Crippen LogP contribution in [0.5, 0.6) is 5.75 Å². The fourth-order valence-electron chi connectivity index (χ4n) is 4.98. The normalized spacial score (nSPS) is 11.8. The molecule has 0 N–H and O–H groups in total. The summed E-state index contributed by atoms with van der Waals surface area (Å²) >= 11 is 0. The Bertz CT molecular complexity index is 1080. The second-order valence-corrected chi connectivity index (χ2v) is 11.0. The second-order valence-electron chi connectivity index (χ2n) is 11.0. The minimum absolute atomic E-state index is 0.292. The van der Waals surface area contributed by atoms with E-state index >= 15 is 0 Å². The van der Waals surface area contributed by atoms with Crippen LogP contribution in [0.3, 0.4) is 0 Å². The van der Waals surface area contributed by atoms with Gasteiger partial charge in [0.2, 0.25) is 0 Å². The van der Waals surface area contributed by atoms with Crippen LogP contribution in [0.25, 0.3) is 11.1 Å². The first-order valence-electron chi connectivity index (χ1n) is 15.7. The summed E-state index contributed by atoms with van der Waals surface area (Å²) in [5.74, 6) is 0.607. The summed E-state index contributed by atoms with van der Waals surface area (Å²) in [6.45, 7) is 7.20. The zero-order valence-electron chi connectivity index (χ0n) is 25.1. The van der Waals surface area contributed by atoms with Crippen molar-refractivity contribution < 1.29 is 14.3 Å². The number of carbonyl (C=O) groups excluding carboxylic acids is 1. The van der Waals surface area contributed by atoms with E-state index in [0.29, 0.717) is 5.56 Å². The summed E-state index contributed by atoms with van der Waals surface area (Å²) in [6, 6.07) is 24.4. The topological polar surface area (TPSA) is 35.5 Å². The van der Waals surface area contributed by atoms with Gasteiger partial charge in [-0.05, 0) is 72.7 Å². The number of benzene rings is 3. The van der Waals surface area contributed by atoms with Crippen molar-refractivity contribution in [2.45, 2.75) is 110 Å². The summed E-state index contributed by atoms with van der Waals surface area (Å²) < 4.78 is 11.7. The van der Waals surface area contributed by atoms with Crippen molar-refractivity contribution in [3.63, 3.8) is 0 Å².